The number of nitrogens with zero attached hydrogens (tertiary/aromatic N) is 4. The Kier molecular flexibility index (Phi) is 5.69. The second kappa shape index (κ2) is 8.39. The summed E-state index contributed by atoms with van der Waals surface area (Å²) < 4.78 is 4.18. The van der Waals surface area contributed by atoms with E-state index in [4.69, 9.17) is 5.73 Å². The maximum Gasteiger partial charge on any atom is 0.256 e. The van der Waals surface area contributed by atoms with E-state index in [0.717, 1.165) is 61.3 Å². The van der Waals surface area contributed by atoms with Gasteiger partial charge in [0.2, 0.25) is 0 Å². The minimum absolute atomic E-state index is 0.101. The molecule has 154 valence electrons. The summed E-state index contributed by atoms with van der Waals surface area (Å²) in [5.74, 6) is 0.679. The summed E-state index contributed by atoms with van der Waals surface area (Å²) in [6.07, 6.45) is 5.08. The van der Waals surface area contributed by atoms with Gasteiger partial charge in [-0.15, -0.1) is 0 Å². The Labute approximate surface area is 171 Å². The molecule has 0 aliphatic carbocycles. The van der Waals surface area contributed by atoms with E-state index >= 15 is 0 Å². The highest BCUT2D eigenvalue weighted by molar-refractivity contribution is 6.06. The van der Waals surface area contributed by atoms with Crippen molar-refractivity contribution in [3.8, 4) is 0 Å². The van der Waals surface area contributed by atoms with Crippen molar-refractivity contribution in [1.82, 2.24) is 19.2 Å². The highest BCUT2D eigenvalue weighted by Crippen LogP contribution is 2.26. The molecule has 0 bridgehead atoms. The second-order valence-corrected chi connectivity index (χ2v) is 8.03. The molecule has 2 aromatic heterocycles. The van der Waals surface area contributed by atoms with Gasteiger partial charge in [-0.1, -0.05) is 0 Å². The number of nitrogens with two attached hydrogens (primary N) is 1. The van der Waals surface area contributed by atoms with Gasteiger partial charge in [-0.2, -0.15) is 5.10 Å². The molecule has 29 heavy (non-hydrogen) atoms. The minimum Gasteiger partial charge on any atom is -0.347 e. The number of hydrogen-bond acceptors (Lipinski definition) is 4. The van der Waals surface area contributed by atoms with E-state index in [-0.39, 0.29) is 5.91 Å². The predicted octanol–water partition coefficient (Wildman–Crippen LogP) is 3.01. The zero-order valence-corrected chi connectivity index (χ0v) is 17.3. The number of amides is 1. The van der Waals surface area contributed by atoms with Crippen LogP contribution in [0.4, 0.5) is 5.82 Å². The van der Waals surface area contributed by atoms with Crippen molar-refractivity contribution in [3.05, 3.63) is 47.8 Å². The van der Waals surface area contributed by atoms with Gasteiger partial charge in [-0.25, -0.2) is 4.68 Å². The fourth-order valence-corrected chi connectivity index (χ4v) is 4.11. The van der Waals surface area contributed by atoms with Gasteiger partial charge in [0.05, 0.1) is 11.7 Å². The molecule has 3 aromatic rings. The summed E-state index contributed by atoms with van der Waals surface area (Å²) in [6, 6.07) is 10.2. The Hall–Kier alpha value is -2.64. The van der Waals surface area contributed by atoms with E-state index in [1.807, 2.05) is 35.9 Å². The maximum atomic E-state index is 12.9. The summed E-state index contributed by atoms with van der Waals surface area (Å²) >= 11 is 0. The number of fused-ring (bicyclic) bond motifs is 1. The quantitative estimate of drug-likeness (QED) is 0.673. The molecule has 1 aliphatic heterocycles. The van der Waals surface area contributed by atoms with E-state index in [1.165, 1.54) is 0 Å². The lowest BCUT2D eigenvalue weighted by Crippen LogP contribution is -2.32. The molecule has 0 unspecified atom stereocenters. The molecule has 0 radical (unpaired) electrons. The Balaban J connectivity index is 1.52. The molecule has 0 atom stereocenters. The summed E-state index contributed by atoms with van der Waals surface area (Å²) in [4.78, 5) is 15.3. The average Bonchev–Trinajstić information content (AvgIpc) is 3.29. The molecule has 3 N–H and O–H groups in total. The molecule has 1 fully saturated rings. The largest absolute Gasteiger partial charge is 0.347 e. The van der Waals surface area contributed by atoms with Crippen molar-refractivity contribution >= 4 is 22.6 Å². The first-order valence-electron chi connectivity index (χ1n) is 10.4. The van der Waals surface area contributed by atoms with Crippen LogP contribution < -0.4 is 11.1 Å². The third-order valence-corrected chi connectivity index (χ3v) is 5.77. The molecular weight excluding hydrogens is 364 g/mol. The van der Waals surface area contributed by atoms with Gasteiger partial charge in [0.15, 0.2) is 0 Å². The Morgan fingerprint density at radius 3 is 2.79 bits per heavy atom. The minimum atomic E-state index is -0.101. The third-order valence-electron chi connectivity index (χ3n) is 5.77. The summed E-state index contributed by atoms with van der Waals surface area (Å²) in [7, 11) is 2.15. The van der Waals surface area contributed by atoms with Gasteiger partial charge in [0.25, 0.3) is 5.91 Å². The van der Waals surface area contributed by atoms with Crippen LogP contribution in [0.5, 0.6) is 0 Å². The molecule has 1 amide bonds. The molecule has 1 saturated heterocycles. The topological polar surface area (TPSA) is 81.1 Å². The van der Waals surface area contributed by atoms with Crippen LogP contribution in [0.15, 0.2) is 36.5 Å². The number of aromatic nitrogens is 3. The number of hydrogen-bond donors (Lipinski definition) is 2. The van der Waals surface area contributed by atoms with Crippen LogP contribution in [0.1, 0.15) is 41.4 Å². The normalized spacial score (nSPS) is 15.8. The van der Waals surface area contributed by atoms with Crippen molar-refractivity contribution in [2.24, 2.45) is 5.73 Å². The van der Waals surface area contributed by atoms with Gasteiger partial charge in [-0.3, -0.25) is 4.79 Å². The molecular formula is C22H30N6O. The molecule has 7 nitrogen and oxygen atoms in total. The Morgan fingerprint density at radius 1 is 1.24 bits per heavy atom. The molecule has 3 heterocycles. The standard InChI is InChI=1S/C22H30N6O/c1-16-14-21(28(25-16)19-7-11-26(2)12-8-19)24-22(29)18-4-5-20-17(15-18)6-13-27(20)10-3-9-23/h4-6,13-15,19H,3,7-12,23H2,1-2H3,(H,24,29). The molecule has 7 heteroatoms. The number of anilines is 1. The summed E-state index contributed by atoms with van der Waals surface area (Å²) in [5, 5.41) is 8.81. The van der Waals surface area contributed by atoms with Crippen LogP contribution in [0.3, 0.4) is 0 Å². The van der Waals surface area contributed by atoms with E-state index in [9.17, 15) is 4.79 Å². The summed E-state index contributed by atoms with van der Waals surface area (Å²) in [6.45, 7) is 5.63. The van der Waals surface area contributed by atoms with Gasteiger partial charge >= 0.3 is 0 Å². The molecule has 4 rings (SSSR count). The fraction of sp³-hybridized carbons (Fsp3) is 0.455. The van der Waals surface area contributed by atoms with Crippen LogP contribution >= 0.6 is 0 Å². The van der Waals surface area contributed by atoms with Gasteiger partial charge in [-0.05, 0) is 77.1 Å². The van der Waals surface area contributed by atoms with Crippen LogP contribution in [-0.4, -0.2) is 51.8 Å². The van der Waals surface area contributed by atoms with Gasteiger partial charge in [0, 0.05) is 35.3 Å². The zero-order valence-electron chi connectivity index (χ0n) is 17.3. The van der Waals surface area contributed by atoms with Crippen LogP contribution in [-0.2, 0) is 6.54 Å². The number of nitrogens with one attached hydrogen (secondary N) is 1. The fourth-order valence-electron chi connectivity index (χ4n) is 4.11. The molecule has 0 saturated carbocycles. The highest BCUT2D eigenvalue weighted by atomic mass is 16.1. The number of carbonyl (C=O) groups is 1. The number of piperidine rings is 1. The van der Waals surface area contributed by atoms with E-state index in [2.05, 4.69) is 39.2 Å². The first-order chi connectivity index (χ1) is 14.0. The first-order valence-corrected chi connectivity index (χ1v) is 10.4. The highest BCUT2D eigenvalue weighted by Gasteiger charge is 2.22. The lowest BCUT2D eigenvalue weighted by atomic mass is 10.1. The number of carbonyl (C=O) groups excluding carboxylic acids is 1. The second-order valence-electron chi connectivity index (χ2n) is 8.03. The Bertz CT molecular complexity index is 996. The lowest BCUT2D eigenvalue weighted by Gasteiger charge is -2.30. The van der Waals surface area contributed by atoms with Crippen molar-refractivity contribution in [2.75, 3.05) is 32.0 Å². The van der Waals surface area contributed by atoms with Gasteiger partial charge in [0.1, 0.15) is 5.82 Å². The maximum absolute atomic E-state index is 12.9. The zero-order chi connectivity index (χ0) is 20.4. The number of likely N-dealkylation sites (tertiary alicyclic amines) is 1. The number of benzene rings is 1. The third kappa shape index (κ3) is 4.21. The summed E-state index contributed by atoms with van der Waals surface area (Å²) in [5.41, 5.74) is 8.33. The van der Waals surface area contributed by atoms with Crippen molar-refractivity contribution in [3.63, 3.8) is 0 Å². The first kappa shape index (κ1) is 19.7. The van der Waals surface area contributed by atoms with Gasteiger partial charge < -0.3 is 20.5 Å². The average molecular weight is 395 g/mol. The van der Waals surface area contributed by atoms with E-state index < -0.39 is 0 Å². The van der Waals surface area contributed by atoms with Crippen LogP contribution in [0, 0.1) is 6.92 Å². The van der Waals surface area contributed by atoms with Crippen molar-refractivity contribution in [2.45, 2.75) is 38.8 Å². The van der Waals surface area contributed by atoms with Crippen molar-refractivity contribution < 1.29 is 4.79 Å². The predicted molar refractivity (Wildman–Crippen MR) is 116 cm³/mol. The Morgan fingerprint density at radius 2 is 2.03 bits per heavy atom. The monoisotopic (exact) mass is 394 g/mol. The smallest absolute Gasteiger partial charge is 0.256 e. The molecule has 0 spiro atoms. The van der Waals surface area contributed by atoms with Crippen molar-refractivity contribution in [1.29, 1.82) is 0 Å². The van der Waals surface area contributed by atoms with E-state index in [0.29, 0.717) is 18.2 Å². The number of aryl methyl sites for hydroxylation is 2. The lowest BCUT2D eigenvalue weighted by molar-refractivity contribution is 0.102. The molecule has 1 aromatic carbocycles. The number of rotatable bonds is 6. The van der Waals surface area contributed by atoms with E-state index in [1.54, 1.807) is 0 Å². The molecule has 1 aliphatic rings. The SMILES string of the molecule is Cc1cc(NC(=O)c2ccc3c(ccn3CCCN)c2)n(C2CCN(C)CC2)n1. The van der Waals surface area contributed by atoms with Crippen LogP contribution in [0.2, 0.25) is 0 Å². The van der Waals surface area contributed by atoms with Crippen LogP contribution in [0.25, 0.3) is 10.9 Å².